The number of halogens is 1. The molecular formula is C18H21ClS. The van der Waals surface area contributed by atoms with Crippen LogP contribution in [0.2, 0.25) is 0 Å². The van der Waals surface area contributed by atoms with Crippen molar-refractivity contribution in [1.29, 1.82) is 0 Å². The molecule has 0 nitrogen and oxygen atoms in total. The van der Waals surface area contributed by atoms with E-state index >= 15 is 0 Å². The number of thioether (sulfide) groups is 1. The Morgan fingerprint density at radius 3 is 2.40 bits per heavy atom. The predicted octanol–water partition coefficient (Wildman–Crippen LogP) is 6.11. The smallest absolute Gasteiger partial charge is 0.0474 e. The molecule has 0 fully saturated rings. The van der Waals surface area contributed by atoms with Crippen molar-refractivity contribution in [2.75, 3.05) is 6.26 Å². The first-order valence-electron chi connectivity index (χ1n) is 6.79. The standard InChI is InChI=1S/C18H21ClS/c1-18(2,3)17-10-13(12-19)8-9-16(17)14-6-5-7-15(11-14)20-4/h5-11H,12H2,1-4H3. The van der Waals surface area contributed by atoms with E-state index in [0.717, 1.165) is 0 Å². The summed E-state index contributed by atoms with van der Waals surface area (Å²) in [4.78, 5) is 1.30. The zero-order valence-corrected chi connectivity index (χ0v) is 14.1. The normalized spacial score (nSPS) is 11.7. The molecule has 2 aromatic rings. The second kappa shape index (κ2) is 6.24. The van der Waals surface area contributed by atoms with Crippen LogP contribution in [0.5, 0.6) is 0 Å². The van der Waals surface area contributed by atoms with Gasteiger partial charge in [-0.25, -0.2) is 0 Å². The largest absolute Gasteiger partial charge is 0.130 e. The summed E-state index contributed by atoms with van der Waals surface area (Å²) < 4.78 is 0. The van der Waals surface area contributed by atoms with Crippen molar-refractivity contribution in [3.8, 4) is 11.1 Å². The summed E-state index contributed by atoms with van der Waals surface area (Å²) in [6, 6.07) is 15.3. The quantitative estimate of drug-likeness (QED) is 0.487. The molecule has 0 amide bonds. The van der Waals surface area contributed by atoms with Crippen molar-refractivity contribution in [1.82, 2.24) is 0 Å². The third-order valence-electron chi connectivity index (χ3n) is 3.43. The van der Waals surface area contributed by atoms with E-state index in [1.807, 2.05) is 0 Å². The van der Waals surface area contributed by atoms with E-state index in [-0.39, 0.29) is 5.41 Å². The first-order valence-corrected chi connectivity index (χ1v) is 8.55. The Labute approximate surface area is 131 Å². The topological polar surface area (TPSA) is 0 Å². The molecule has 0 radical (unpaired) electrons. The minimum Gasteiger partial charge on any atom is -0.130 e. The lowest BCUT2D eigenvalue weighted by Crippen LogP contribution is -2.13. The van der Waals surface area contributed by atoms with Crippen LogP contribution in [0.25, 0.3) is 11.1 Å². The lowest BCUT2D eigenvalue weighted by atomic mass is 9.81. The van der Waals surface area contributed by atoms with Crippen LogP contribution in [-0.2, 0) is 11.3 Å². The van der Waals surface area contributed by atoms with Crippen molar-refractivity contribution < 1.29 is 0 Å². The molecule has 2 rings (SSSR count). The average molecular weight is 305 g/mol. The Balaban J connectivity index is 2.60. The lowest BCUT2D eigenvalue weighted by Gasteiger charge is -2.24. The van der Waals surface area contributed by atoms with Crippen molar-refractivity contribution in [2.24, 2.45) is 0 Å². The molecule has 106 valence electrons. The highest BCUT2D eigenvalue weighted by Gasteiger charge is 2.19. The monoisotopic (exact) mass is 304 g/mol. The molecule has 0 bridgehead atoms. The molecule has 0 saturated carbocycles. The van der Waals surface area contributed by atoms with E-state index in [9.17, 15) is 0 Å². The molecule has 0 N–H and O–H groups in total. The fourth-order valence-electron chi connectivity index (χ4n) is 2.34. The summed E-state index contributed by atoms with van der Waals surface area (Å²) in [7, 11) is 0. The molecule has 0 aliphatic carbocycles. The minimum atomic E-state index is 0.104. The van der Waals surface area contributed by atoms with Gasteiger partial charge in [0, 0.05) is 10.8 Å². The molecule has 20 heavy (non-hydrogen) atoms. The third-order valence-corrected chi connectivity index (χ3v) is 4.46. The maximum absolute atomic E-state index is 5.99. The fraction of sp³-hybridized carbons (Fsp3) is 0.333. The maximum Gasteiger partial charge on any atom is 0.0474 e. The first kappa shape index (κ1) is 15.5. The van der Waals surface area contributed by atoms with Gasteiger partial charge in [0.2, 0.25) is 0 Å². The minimum absolute atomic E-state index is 0.104. The number of rotatable bonds is 3. The van der Waals surface area contributed by atoms with Gasteiger partial charge >= 0.3 is 0 Å². The molecule has 0 saturated heterocycles. The predicted molar refractivity (Wildman–Crippen MR) is 91.9 cm³/mol. The molecule has 2 heteroatoms. The van der Waals surface area contributed by atoms with Crippen LogP contribution in [0.4, 0.5) is 0 Å². The highest BCUT2D eigenvalue weighted by molar-refractivity contribution is 7.98. The Bertz CT molecular complexity index is 597. The zero-order chi connectivity index (χ0) is 14.8. The van der Waals surface area contributed by atoms with Crippen molar-refractivity contribution in [3.63, 3.8) is 0 Å². The summed E-state index contributed by atoms with van der Waals surface area (Å²) in [5.41, 5.74) is 5.23. The first-order chi connectivity index (χ1) is 9.45. The lowest BCUT2D eigenvalue weighted by molar-refractivity contribution is 0.591. The molecule has 0 aliphatic heterocycles. The van der Waals surface area contributed by atoms with E-state index < -0.39 is 0 Å². The van der Waals surface area contributed by atoms with E-state index in [2.05, 4.69) is 69.5 Å². The van der Waals surface area contributed by atoms with Gasteiger partial charge < -0.3 is 0 Å². The van der Waals surface area contributed by atoms with Crippen LogP contribution in [0, 0.1) is 0 Å². The molecule has 0 unspecified atom stereocenters. The van der Waals surface area contributed by atoms with Crippen LogP contribution in [-0.4, -0.2) is 6.26 Å². The molecule has 0 aliphatic rings. The van der Waals surface area contributed by atoms with Gasteiger partial charge in [-0.1, -0.05) is 51.1 Å². The third kappa shape index (κ3) is 3.39. The van der Waals surface area contributed by atoms with Crippen LogP contribution < -0.4 is 0 Å². The summed E-state index contributed by atoms with van der Waals surface area (Å²) >= 11 is 7.77. The van der Waals surface area contributed by atoms with Gasteiger partial charge in [0.05, 0.1) is 0 Å². The Hall–Kier alpha value is -0.920. The molecule has 0 aromatic heterocycles. The molecule has 0 atom stereocenters. The summed E-state index contributed by atoms with van der Waals surface area (Å²) in [6.07, 6.45) is 2.11. The Kier molecular flexibility index (Phi) is 4.82. The van der Waals surface area contributed by atoms with E-state index in [1.54, 1.807) is 11.8 Å². The molecule has 0 spiro atoms. The van der Waals surface area contributed by atoms with E-state index in [1.165, 1.54) is 27.1 Å². The maximum atomic E-state index is 5.99. The van der Waals surface area contributed by atoms with Gasteiger partial charge in [-0.15, -0.1) is 23.4 Å². The average Bonchev–Trinajstić information content (AvgIpc) is 2.45. The van der Waals surface area contributed by atoms with Crippen LogP contribution >= 0.6 is 23.4 Å². The fourth-order valence-corrected chi connectivity index (χ4v) is 2.96. The molecule has 2 aromatic carbocycles. The SMILES string of the molecule is CSc1cccc(-c2ccc(CCl)cc2C(C)(C)C)c1. The van der Waals surface area contributed by atoms with Crippen molar-refractivity contribution in [2.45, 2.75) is 37.0 Å². The number of alkyl halides is 1. The van der Waals surface area contributed by atoms with Gasteiger partial charge in [-0.2, -0.15) is 0 Å². The summed E-state index contributed by atoms with van der Waals surface area (Å²) in [5.74, 6) is 0.564. The second-order valence-corrected chi connectivity index (χ2v) is 7.14. The van der Waals surface area contributed by atoms with Crippen molar-refractivity contribution >= 4 is 23.4 Å². The summed E-state index contributed by atoms with van der Waals surface area (Å²) in [6.45, 7) is 6.76. The van der Waals surface area contributed by atoms with Crippen LogP contribution in [0.15, 0.2) is 47.4 Å². The van der Waals surface area contributed by atoms with Crippen LogP contribution in [0.1, 0.15) is 31.9 Å². The Morgan fingerprint density at radius 1 is 1.05 bits per heavy atom. The van der Waals surface area contributed by atoms with Gasteiger partial charge in [0.25, 0.3) is 0 Å². The molecule has 0 heterocycles. The molecular weight excluding hydrogens is 284 g/mol. The highest BCUT2D eigenvalue weighted by Crippen LogP contribution is 2.35. The van der Waals surface area contributed by atoms with Gasteiger partial charge in [-0.3, -0.25) is 0 Å². The van der Waals surface area contributed by atoms with Crippen LogP contribution in [0.3, 0.4) is 0 Å². The van der Waals surface area contributed by atoms with Gasteiger partial charge in [0.15, 0.2) is 0 Å². The van der Waals surface area contributed by atoms with Crippen molar-refractivity contribution in [3.05, 3.63) is 53.6 Å². The van der Waals surface area contributed by atoms with E-state index in [0.29, 0.717) is 5.88 Å². The van der Waals surface area contributed by atoms with Gasteiger partial charge in [0.1, 0.15) is 0 Å². The zero-order valence-electron chi connectivity index (χ0n) is 12.5. The number of benzene rings is 2. The number of hydrogen-bond donors (Lipinski definition) is 0. The second-order valence-electron chi connectivity index (χ2n) is 6.00. The van der Waals surface area contributed by atoms with Gasteiger partial charge in [-0.05, 0) is 46.1 Å². The van der Waals surface area contributed by atoms with E-state index in [4.69, 9.17) is 11.6 Å². The Morgan fingerprint density at radius 2 is 1.80 bits per heavy atom. The highest BCUT2D eigenvalue weighted by atomic mass is 35.5. The number of hydrogen-bond acceptors (Lipinski definition) is 1. The summed E-state index contributed by atoms with van der Waals surface area (Å²) in [5, 5.41) is 0.